The lowest BCUT2D eigenvalue weighted by Crippen LogP contribution is -2.48. The Balaban J connectivity index is 1.90. The van der Waals surface area contributed by atoms with Crippen molar-refractivity contribution in [3.63, 3.8) is 0 Å². The highest BCUT2D eigenvalue weighted by Gasteiger charge is 2.30. The van der Waals surface area contributed by atoms with Crippen molar-refractivity contribution in [1.29, 1.82) is 0 Å². The lowest BCUT2D eigenvalue weighted by Gasteiger charge is -2.38. The first kappa shape index (κ1) is 13.5. The van der Waals surface area contributed by atoms with Crippen molar-refractivity contribution in [1.82, 2.24) is 8.61 Å². The number of nitrogens with zero attached hydrogens (tertiary/aromatic N) is 2. The number of hydrogen-bond acceptors (Lipinski definition) is 2. The maximum Gasteiger partial charge on any atom is 0.172 e. The van der Waals surface area contributed by atoms with Crippen LogP contribution in [-0.4, -0.2) is 50.2 Å². The molecule has 0 aromatic heterocycles. The summed E-state index contributed by atoms with van der Waals surface area (Å²) in [5, 5.41) is 9.46. The van der Waals surface area contributed by atoms with Crippen LogP contribution in [0.15, 0.2) is 0 Å². The Morgan fingerprint density at radius 3 is 2.12 bits per heavy atom. The van der Waals surface area contributed by atoms with Crippen LogP contribution in [0.25, 0.3) is 0 Å². The van der Waals surface area contributed by atoms with Crippen LogP contribution in [-0.2, 0) is 11.2 Å². The second-order valence-electron chi connectivity index (χ2n) is 5.68. The maximum atomic E-state index is 12.4. The average molecular weight is 260 g/mol. The maximum absolute atomic E-state index is 12.4. The fourth-order valence-corrected chi connectivity index (χ4v) is 4.51. The predicted octanol–water partition coefficient (Wildman–Crippen LogP) is 1.000. The fraction of sp³-hybridized carbons (Fsp3) is 1.00. The summed E-state index contributed by atoms with van der Waals surface area (Å²) in [7, 11) is 0. The smallest absolute Gasteiger partial charge is 0.172 e. The van der Waals surface area contributed by atoms with Crippen molar-refractivity contribution in [3.05, 3.63) is 0 Å². The van der Waals surface area contributed by atoms with Gasteiger partial charge < -0.3 is 5.11 Å². The number of rotatable bonds is 2. The van der Waals surface area contributed by atoms with E-state index in [4.69, 9.17) is 0 Å². The van der Waals surface area contributed by atoms with Crippen molar-refractivity contribution in [3.8, 4) is 0 Å². The van der Waals surface area contributed by atoms with Crippen LogP contribution >= 0.6 is 0 Å². The highest BCUT2D eigenvalue weighted by Crippen LogP contribution is 2.24. The van der Waals surface area contributed by atoms with Gasteiger partial charge in [-0.05, 0) is 31.1 Å². The summed E-state index contributed by atoms with van der Waals surface area (Å²) in [5.41, 5.74) is 0. The molecule has 3 atom stereocenters. The zero-order chi connectivity index (χ0) is 12.4. The van der Waals surface area contributed by atoms with Gasteiger partial charge in [-0.2, -0.15) is 0 Å². The molecule has 17 heavy (non-hydrogen) atoms. The molecule has 0 aromatic rings. The van der Waals surface area contributed by atoms with E-state index in [9.17, 15) is 9.32 Å². The molecule has 3 unspecified atom stereocenters. The molecule has 5 heteroatoms. The number of aliphatic hydroxyl groups excluding tert-OH is 1. The van der Waals surface area contributed by atoms with E-state index < -0.39 is 11.2 Å². The van der Waals surface area contributed by atoms with Gasteiger partial charge in [0, 0.05) is 26.2 Å². The molecule has 100 valence electrons. The minimum absolute atomic E-state index is 0.192. The summed E-state index contributed by atoms with van der Waals surface area (Å²) in [4.78, 5) is 0. The molecular formula is C12H24N2O2S. The van der Waals surface area contributed by atoms with E-state index in [0.717, 1.165) is 39.0 Å². The van der Waals surface area contributed by atoms with Crippen LogP contribution in [0, 0.1) is 11.8 Å². The standard InChI is InChI=1S/C12H24N2O2S/c1-10-7-11(2)9-14(8-10)17(16)13-5-3-12(15)4-6-13/h10-12,15H,3-9H2,1-2H3. The molecular weight excluding hydrogens is 236 g/mol. The third-order valence-corrected chi connectivity index (χ3v) is 5.25. The molecule has 2 fully saturated rings. The highest BCUT2D eigenvalue weighted by atomic mass is 32.2. The van der Waals surface area contributed by atoms with Gasteiger partial charge >= 0.3 is 0 Å². The topological polar surface area (TPSA) is 43.8 Å². The van der Waals surface area contributed by atoms with E-state index in [2.05, 4.69) is 18.2 Å². The van der Waals surface area contributed by atoms with Crippen LogP contribution in [0.1, 0.15) is 33.1 Å². The van der Waals surface area contributed by atoms with Crippen LogP contribution < -0.4 is 0 Å². The second-order valence-corrected chi connectivity index (χ2v) is 7.18. The normalized spacial score (nSPS) is 35.9. The first-order chi connectivity index (χ1) is 8.06. The molecule has 0 aliphatic carbocycles. The molecule has 0 bridgehead atoms. The Morgan fingerprint density at radius 2 is 1.59 bits per heavy atom. The van der Waals surface area contributed by atoms with Crippen LogP contribution in [0.3, 0.4) is 0 Å². The third kappa shape index (κ3) is 3.50. The number of hydrogen-bond donors (Lipinski definition) is 1. The fourth-order valence-electron chi connectivity index (χ4n) is 2.89. The van der Waals surface area contributed by atoms with Crippen molar-refractivity contribution < 1.29 is 9.32 Å². The van der Waals surface area contributed by atoms with Gasteiger partial charge in [-0.25, -0.2) is 12.8 Å². The number of aliphatic hydroxyl groups is 1. The predicted molar refractivity (Wildman–Crippen MR) is 69.5 cm³/mol. The summed E-state index contributed by atoms with van der Waals surface area (Å²) in [6.45, 7) is 7.87. The van der Waals surface area contributed by atoms with E-state index >= 15 is 0 Å². The van der Waals surface area contributed by atoms with Gasteiger partial charge in [0.1, 0.15) is 0 Å². The Labute approximate surface area is 107 Å². The molecule has 2 rings (SSSR count). The molecule has 2 heterocycles. The second kappa shape index (κ2) is 5.78. The monoisotopic (exact) mass is 260 g/mol. The van der Waals surface area contributed by atoms with E-state index in [1.54, 1.807) is 0 Å². The number of piperidine rings is 2. The van der Waals surface area contributed by atoms with Gasteiger partial charge in [0.2, 0.25) is 0 Å². The first-order valence-electron chi connectivity index (χ1n) is 6.66. The lowest BCUT2D eigenvalue weighted by atomic mass is 9.94. The average Bonchev–Trinajstić information content (AvgIpc) is 2.28. The van der Waals surface area contributed by atoms with Crippen LogP contribution in [0.2, 0.25) is 0 Å². The Hall–Kier alpha value is 0.0300. The van der Waals surface area contributed by atoms with E-state index in [1.807, 2.05) is 4.31 Å². The zero-order valence-electron chi connectivity index (χ0n) is 10.8. The van der Waals surface area contributed by atoms with Gasteiger partial charge in [0.05, 0.1) is 6.10 Å². The van der Waals surface area contributed by atoms with Crippen LogP contribution in [0.4, 0.5) is 0 Å². The van der Waals surface area contributed by atoms with Crippen molar-refractivity contribution in [2.75, 3.05) is 26.2 Å². The minimum atomic E-state index is -0.994. The molecule has 2 aliphatic heterocycles. The van der Waals surface area contributed by atoms with E-state index in [-0.39, 0.29) is 6.10 Å². The Morgan fingerprint density at radius 1 is 1.06 bits per heavy atom. The van der Waals surface area contributed by atoms with Crippen LogP contribution in [0.5, 0.6) is 0 Å². The Kier molecular flexibility index (Phi) is 4.58. The summed E-state index contributed by atoms with van der Waals surface area (Å²) >= 11 is -0.994. The quantitative estimate of drug-likeness (QED) is 0.805. The highest BCUT2D eigenvalue weighted by molar-refractivity contribution is 7.80. The van der Waals surface area contributed by atoms with Gasteiger partial charge in [-0.3, -0.25) is 0 Å². The molecule has 0 amide bonds. The lowest BCUT2D eigenvalue weighted by molar-refractivity contribution is 0.111. The molecule has 2 saturated heterocycles. The first-order valence-corrected chi connectivity index (χ1v) is 7.72. The van der Waals surface area contributed by atoms with Gasteiger partial charge in [0.25, 0.3) is 0 Å². The van der Waals surface area contributed by atoms with E-state index in [1.165, 1.54) is 6.42 Å². The molecule has 0 spiro atoms. The van der Waals surface area contributed by atoms with Crippen molar-refractivity contribution >= 4 is 11.2 Å². The minimum Gasteiger partial charge on any atom is -0.393 e. The SMILES string of the molecule is CC1CC(C)CN(S(=O)N2CCC(O)CC2)C1. The largest absolute Gasteiger partial charge is 0.393 e. The Bertz CT molecular complexity index is 270. The molecule has 4 nitrogen and oxygen atoms in total. The van der Waals surface area contributed by atoms with Crippen molar-refractivity contribution in [2.45, 2.75) is 39.2 Å². The van der Waals surface area contributed by atoms with Gasteiger partial charge in [-0.15, -0.1) is 0 Å². The van der Waals surface area contributed by atoms with Gasteiger partial charge in [0.15, 0.2) is 11.2 Å². The third-order valence-electron chi connectivity index (χ3n) is 3.70. The summed E-state index contributed by atoms with van der Waals surface area (Å²) in [6, 6.07) is 0. The summed E-state index contributed by atoms with van der Waals surface area (Å²) in [6.07, 6.45) is 2.56. The molecule has 0 aromatic carbocycles. The zero-order valence-corrected chi connectivity index (χ0v) is 11.7. The van der Waals surface area contributed by atoms with Gasteiger partial charge in [-0.1, -0.05) is 13.8 Å². The van der Waals surface area contributed by atoms with Crippen molar-refractivity contribution in [2.24, 2.45) is 11.8 Å². The molecule has 1 N–H and O–H groups in total. The molecule has 0 saturated carbocycles. The summed E-state index contributed by atoms with van der Waals surface area (Å²) in [5.74, 6) is 1.27. The molecule has 0 radical (unpaired) electrons. The van der Waals surface area contributed by atoms with E-state index in [0.29, 0.717) is 11.8 Å². The summed E-state index contributed by atoms with van der Waals surface area (Å²) < 4.78 is 16.6. The molecule has 2 aliphatic rings.